The number of alkyl halides is 2. The number of benzene rings is 1. The molecular weight excluding hydrogens is 259 g/mol. The van der Waals surface area contributed by atoms with Crippen molar-refractivity contribution in [2.24, 2.45) is 0 Å². The highest BCUT2D eigenvalue weighted by Gasteiger charge is 1.89. The molecule has 0 atom stereocenters. The van der Waals surface area contributed by atoms with Crippen molar-refractivity contribution in [2.75, 3.05) is 0 Å². The molecule has 0 radical (unpaired) electrons. The summed E-state index contributed by atoms with van der Waals surface area (Å²) in [5.74, 6) is 5.48. The molecule has 1 aromatic rings. The maximum Gasteiger partial charge on any atom is 0.168 e. The van der Waals surface area contributed by atoms with Crippen LogP contribution in [0.5, 0.6) is 0 Å². The molecule has 0 aliphatic rings. The van der Waals surface area contributed by atoms with Crippen LogP contribution < -0.4 is 0 Å². The van der Waals surface area contributed by atoms with Crippen molar-refractivity contribution in [2.45, 2.75) is 4.84 Å². The van der Waals surface area contributed by atoms with Crippen LogP contribution in [-0.4, -0.2) is 4.84 Å². The fraction of sp³-hybridized carbons (Fsp3) is 0.111. The molecule has 0 unspecified atom stereocenters. The van der Waals surface area contributed by atoms with Gasteiger partial charge in [-0.1, -0.05) is 51.0 Å². The summed E-state index contributed by atoms with van der Waals surface area (Å²) in [5.41, 5.74) is 0.907. The number of hydrogen-bond donors (Lipinski definition) is 0. The molecule has 0 aromatic heterocycles. The lowest BCUT2D eigenvalue weighted by molar-refractivity contribution is 1.59. The summed E-state index contributed by atoms with van der Waals surface area (Å²) in [5, 5.41) is 0. The first-order valence-electron chi connectivity index (χ1n) is 3.24. The average Bonchev–Trinajstić information content (AvgIpc) is 2.03. The van der Waals surface area contributed by atoms with Crippen molar-refractivity contribution in [3.8, 4) is 11.8 Å². The molecule has 0 N–H and O–H groups in total. The van der Waals surface area contributed by atoms with Gasteiger partial charge in [0.2, 0.25) is 0 Å². The maximum absolute atomic E-state index is 5.44. The lowest BCUT2D eigenvalue weighted by atomic mass is 10.2. The highest BCUT2D eigenvalue weighted by molar-refractivity contribution is 9.10. The van der Waals surface area contributed by atoms with E-state index >= 15 is 0 Å². The van der Waals surface area contributed by atoms with Crippen LogP contribution >= 0.6 is 39.1 Å². The van der Waals surface area contributed by atoms with Crippen LogP contribution in [0.3, 0.4) is 0 Å². The van der Waals surface area contributed by atoms with Crippen LogP contribution in [0.2, 0.25) is 0 Å². The average molecular weight is 264 g/mol. The zero-order valence-corrected chi connectivity index (χ0v) is 9.12. The van der Waals surface area contributed by atoms with E-state index in [0.717, 1.165) is 10.0 Å². The molecule has 0 saturated heterocycles. The summed E-state index contributed by atoms with van der Waals surface area (Å²) in [4.78, 5) is -0.617. The second-order valence-electron chi connectivity index (χ2n) is 2.08. The quantitative estimate of drug-likeness (QED) is 0.496. The number of halogens is 3. The van der Waals surface area contributed by atoms with Crippen molar-refractivity contribution >= 4 is 39.1 Å². The zero-order valence-electron chi connectivity index (χ0n) is 6.02. The van der Waals surface area contributed by atoms with E-state index in [1.54, 1.807) is 0 Å². The summed E-state index contributed by atoms with van der Waals surface area (Å²) in [6, 6.07) is 7.63. The predicted molar refractivity (Wildman–Crippen MR) is 56.5 cm³/mol. The summed E-state index contributed by atoms with van der Waals surface area (Å²) in [6.07, 6.45) is 0. The minimum Gasteiger partial charge on any atom is -0.0909 e. The number of rotatable bonds is 0. The lowest BCUT2D eigenvalue weighted by Crippen LogP contribution is -1.78. The first-order chi connectivity index (χ1) is 5.68. The molecule has 3 heteroatoms. The molecule has 0 fully saturated rings. The third-order valence-electron chi connectivity index (χ3n) is 1.17. The molecule has 0 spiro atoms. The van der Waals surface area contributed by atoms with E-state index < -0.39 is 4.84 Å². The van der Waals surface area contributed by atoms with Crippen LogP contribution in [0, 0.1) is 11.8 Å². The van der Waals surface area contributed by atoms with E-state index in [0.29, 0.717) is 0 Å². The van der Waals surface area contributed by atoms with Gasteiger partial charge in [-0.2, -0.15) is 0 Å². The normalized spacial score (nSPS) is 9.33. The fourth-order valence-electron chi connectivity index (χ4n) is 0.671. The van der Waals surface area contributed by atoms with Crippen LogP contribution in [0.15, 0.2) is 28.7 Å². The number of hydrogen-bond acceptors (Lipinski definition) is 0. The van der Waals surface area contributed by atoms with E-state index in [1.807, 2.05) is 24.3 Å². The summed E-state index contributed by atoms with van der Waals surface area (Å²) in [7, 11) is 0. The first-order valence-corrected chi connectivity index (χ1v) is 4.90. The van der Waals surface area contributed by atoms with Gasteiger partial charge in [0.15, 0.2) is 4.84 Å². The van der Waals surface area contributed by atoms with Gasteiger partial charge in [0.1, 0.15) is 0 Å². The van der Waals surface area contributed by atoms with Crippen molar-refractivity contribution in [3.05, 3.63) is 34.3 Å². The molecular formula is C9H5BrCl2. The maximum atomic E-state index is 5.44. The van der Waals surface area contributed by atoms with Crippen molar-refractivity contribution in [1.82, 2.24) is 0 Å². The second-order valence-corrected chi connectivity index (χ2v) is 4.09. The van der Waals surface area contributed by atoms with Crippen LogP contribution in [0.1, 0.15) is 5.56 Å². The Morgan fingerprint density at radius 1 is 1.17 bits per heavy atom. The molecule has 0 aliphatic heterocycles. The first kappa shape index (κ1) is 9.92. The van der Waals surface area contributed by atoms with Crippen molar-refractivity contribution < 1.29 is 0 Å². The molecule has 1 aromatic carbocycles. The Labute approximate surface area is 90.0 Å². The molecule has 0 aliphatic carbocycles. The Bertz CT molecular complexity index is 306. The Balaban J connectivity index is 2.79. The van der Waals surface area contributed by atoms with E-state index in [2.05, 4.69) is 27.8 Å². The Morgan fingerprint density at radius 2 is 1.75 bits per heavy atom. The highest BCUT2D eigenvalue weighted by atomic mass is 79.9. The van der Waals surface area contributed by atoms with Gasteiger partial charge in [-0.05, 0) is 24.3 Å². The van der Waals surface area contributed by atoms with Gasteiger partial charge in [0, 0.05) is 10.0 Å². The lowest BCUT2D eigenvalue weighted by Gasteiger charge is -1.90. The molecule has 0 amide bonds. The van der Waals surface area contributed by atoms with Crippen molar-refractivity contribution in [1.29, 1.82) is 0 Å². The molecule has 1 rings (SSSR count). The van der Waals surface area contributed by atoms with E-state index in [9.17, 15) is 0 Å². The van der Waals surface area contributed by atoms with Gasteiger partial charge >= 0.3 is 0 Å². The molecule has 12 heavy (non-hydrogen) atoms. The second kappa shape index (κ2) is 4.77. The molecule has 0 saturated carbocycles. The van der Waals surface area contributed by atoms with Crippen LogP contribution in [0.25, 0.3) is 0 Å². The standard InChI is InChI=1S/C9H5BrCl2/c10-8-4-1-7(2-5-8)3-6-9(11)12/h1-2,4-5,9H. The topological polar surface area (TPSA) is 0 Å². The third kappa shape index (κ3) is 3.49. The van der Waals surface area contributed by atoms with Crippen molar-refractivity contribution in [3.63, 3.8) is 0 Å². The van der Waals surface area contributed by atoms with Gasteiger partial charge in [0.05, 0.1) is 0 Å². The monoisotopic (exact) mass is 262 g/mol. The Kier molecular flexibility index (Phi) is 3.94. The summed E-state index contributed by atoms with van der Waals surface area (Å²) in [6.45, 7) is 0. The largest absolute Gasteiger partial charge is 0.168 e. The minimum atomic E-state index is -0.617. The summed E-state index contributed by atoms with van der Waals surface area (Å²) >= 11 is 14.2. The van der Waals surface area contributed by atoms with Gasteiger partial charge in [-0.15, -0.1) is 0 Å². The molecule has 0 bridgehead atoms. The molecule has 0 heterocycles. The predicted octanol–water partition coefficient (Wildman–Crippen LogP) is 3.60. The Morgan fingerprint density at radius 3 is 2.25 bits per heavy atom. The minimum absolute atomic E-state index is 0.617. The van der Waals surface area contributed by atoms with Gasteiger partial charge in [0.25, 0.3) is 0 Å². The van der Waals surface area contributed by atoms with Gasteiger partial charge in [-0.3, -0.25) is 0 Å². The van der Waals surface area contributed by atoms with E-state index in [1.165, 1.54) is 0 Å². The zero-order chi connectivity index (χ0) is 8.97. The highest BCUT2D eigenvalue weighted by Crippen LogP contribution is 2.09. The summed E-state index contributed by atoms with van der Waals surface area (Å²) < 4.78 is 1.03. The smallest absolute Gasteiger partial charge is 0.0909 e. The fourth-order valence-corrected chi connectivity index (χ4v) is 1.04. The molecule has 0 nitrogen and oxygen atoms in total. The van der Waals surface area contributed by atoms with Crippen LogP contribution in [0.4, 0.5) is 0 Å². The van der Waals surface area contributed by atoms with E-state index in [-0.39, 0.29) is 0 Å². The van der Waals surface area contributed by atoms with Crippen LogP contribution in [-0.2, 0) is 0 Å². The SMILES string of the molecule is ClC(Cl)C#Cc1ccc(Br)cc1. The van der Waals surface area contributed by atoms with E-state index in [4.69, 9.17) is 23.2 Å². The Hall–Kier alpha value is -0.160. The van der Waals surface area contributed by atoms with Gasteiger partial charge in [-0.25, -0.2) is 0 Å². The van der Waals surface area contributed by atoms with Gasteiger partial charge < -0.3 is 0 Å². The third-order valence-corrected chi connectivity index (χ3v) is 1.92. The molecule has 62 valence electrons.